The van der Waals surface area contributed by atoms with Crippen LogP contribution in [0.15, 0.2) is 107 Å². The number of hydrogen-bond donors (Lipinski definition) is 1. The quantitative estimate of drug-likeness (QED) is 0.147. The summed E-state index contributed by atoms with van der Waals surface area (Å²) in [5, 5.41) is 25.4. The summed E-state index contributed by atoms with van der Waals surface area (Å²) in [6, 6.07) is 22.9. The molecule has 49 heavy (non-hydrogen) atoms. The maximum Gasteiger partial charge on any atom is 0.306 e. The molecule has 1 heterocycles. The van der Waals surface area contributed by atoms with Crippen molar-refractivity contribution in [3.63, 3.8) is 0 Å². The van der Waals surface area contributed by atoms with Crippen molar-refractivity contribution in [1.82, 2.24) is 0 Å². The third kappa shape index (κ3) is 8.87. The fraction of sp³-hybridized carbons (Fsp3) is 0.250. The van der Waals surface area contributed by atoms with Gasteiger partial charge in [-0.05, 0) is 67.3 Å². The van der Waals surface area contributed by atoms with Gasteiger partial charge in [-0.25, -0.2) is 16.8 Å². The summed E-state index contributed by atoms with van der Waals surface area (Å²) in [5.74, 6) is -0.622. The van der Waals surface area contributed by atoms with Gasteiger partial charge in [0.1, 0.15) is 5.69 Å². The van der Waals surface area contributed by atoms with E-state index in [2.05, 4.69) is 5.32 Å². The van der Waals surface area contributed by atoms with Gasteiger partial charge >= 0.3 is 5.69 Å². The van der Waals surface area contributed by atoms with Gasteiger partial charge in [0.05, 0.1) is 31.0 Å². The average molecular weight is 716 g/mol. The Balaban J connectivity index is 0.000000230. The van der Waals surface area contributed by atoms with E-state index in [-0.39, 0.29) is 26.9 Å². The number of halogens is 1. The fourth-order valence-corrected chi connectivity index (χ4v) is 7.25. The van der Waals surface area contributed by atoms with Crippen molar-refractivity contribution in [2.75, 3.05) is 47.8 Å². The van der Waals surface area contributed by atoms with E-state index >= 15 is 0 Å². The smallest absolute Gasteiger partial charge is 0.306 e. The Morgan fingerprint density at radius 1 is 0.735 bits per heavy atom. The van der Waals surface area contributed by atoms with Crippen LogP contribution in [0.2, 0.25) is 0 Å². The summed E-state index contributed by atoms with van der Waals surface area (Å²) in [6.07, 6.45) is 1.83. The van der Waals surface area contributed by atoms with Gasteiger partial charge in [-0.15, -0.1) is 0 Å². The lowest BCUT2D eigenvalue weighted by Crippen LogP contribution is -2.26. The molecule has 260 valence electrons. The molecule has 5 rings (SSSR count). The molecule has 0 radical (unpaired) electrons. The van der Waals surface area contributed by atoms with Crippen LogP contribution in [0.1, 0.15) is 12.8 Å². The molecule has 1 saturated heterocycles. The SMILES string of the molecule is CN(c1ccc(F)c([N+](=O)[O-])c1)S(=O)(=O)c1ccccc1.CN(c1ccc(NCC2CCOCC2)c([N+](=O)[O-])c1)S(=O)(=O)c1ccccc1. The van der Waals surface area contributed by atoms with Crippen LogP contribution >= 0.6 is 0 Å². The average Bonchev–Trinajstić information content (AvgIpc) is 3.11. The van der Waals surface area contributed by atoms with Crippen LogP contribution < -0.4 is 13.9 Å². The number of sulfonamides is 2. The Kier molecular flexibility index (Phi) is 11.9. The summed E-state index contributed by atoms with van der Waals surface area (Å²) in [5.41, 5.74) is -0.313. The lowest BCUT2D eigenvalue weighted by molar-refractivity contribution is -0.387. The highest BCUT2D eigenvalue weighted by Crippen LogP contribution is 2.32. The fourth-order valence-electron chi connectivity index (χ4n) is 4.84. The molecule has 17 heteroatoms. The minimum Gasteiger partial charge on any atom is -0.381 e. The van der Waals surface area contributed by atoms with Crippen LogP contribution in [0.25, 0.3) is 0 Å². The first-order valence-electron chi connectivity index (χ1n) is 14.9. The number of nitro groups is 2. The van der Waals surface area contributed by atoms with Crippen LogP contribution in [0.4, 0.5) is 32.8 Å². The number of ether oxygens (including phenoxy) is 1. The lowest BCUT2D eigenvalue weighted by Gasteiger charge is -2.23. The molecular weight excluding hydrogens is 682 g/mol. The number of nitrogens with zero attached hydrogens (tertiary/aromatic N) is 4. The second kappa shape index (κ2) is 15.8. The molecule has 0 aromatic heterocycles. The largest absolute Gasteiger partial charge is 0.381 e. The zero-order valence-corrected chi connectivity index (χ0v) is 28.1. The lowest BCUT2D eigenvalue weighted by atomic mass is 10.0. The summed E-state index contributed by atoms with van der Waals surface area (Å²) in [4.78, 5) is 21.0. The van der Waals surface area contributed by atoms with Gasteiger partial charge in [0.25, 0.3) is 25.7 Å². The zero-order valence-electron chi connectivity index (χ0n) is 26.5. The molecule has 0 atom stereocenters. The van der Waals surface area contributed by atoms with Crippen molar-refractivity contribution in [1.29, 1.82) is 0 Å². The molecule has 4 aromatic carbocycles. The second-order valence-corrected chi connectivity index (χ2v) is 14.8. The molecule has 0 amide bonds. The van der Waals surface area contributed by atoms with E-state index in [9.17, 15) is 41.5 Å². The normalized spacial score (nSPS) is 13.4. The standard InChI is InChI=1S/C19H23N3O5S.C13H11FN2O4S/c1-21(28(25,26)17-5-3-2-4-6-17)16-7-8-18(19(13-16)22(23)24)20-14-15-9-11-27-12-10-15;1-15(21(19,20)11-5-3-2-4-6-11)10-7-8-12(14)13(9-10)16(17)18/h2-8,13,15,20H,9-12,14H2,1H3;2-9H,1H3. The maximum absolute atomic E-state index is 13.3. The molecule has 0 spiro atoms. The highest BCUT2D eigenvalue weighted by Gasteiger charge is 2.26. The van der Waals surface area contributed by atoms with Gasteiger partial charge in [0.15, 0.2) is 0 Å². The molecular formula is C32H34FN5O9S2. The van der Waals surface area contributed by atoms with E-state index in [4.69, 9.17) is 4.74 Å². The second-order valence-electron chi connectivity index (χ2n) is 10.9. The molecule has 0 saturated carbocycles. The number of rotatable bonds is 11. The highest BCUT2D eigenvalue weighted by molar-refractivity contribution is 7.93. The van der Waals surface area contributed by atoms with Gasteiger partial charge in [-0.2, -0.15) is 4.39 Å². The summed E-state index contributed by atoms with van der Waals surface area (Å²) in [7, 11) is -5.02. The molecule has 0 unspecified atom stereocenters. The van der Waals surface area contributed by atoms with Crippen molar-refractivity contribution in [2.45, 2.75) is 22.6 Å². The maximum atomic E-state index is 13.3. The summed E-state index contributed by atoms with van der Waals surface area (Å²) < 4.78 is 70.8. The molecule has 0 aliphatic carbocycles. The highest BCUT2D eigenvalue weighted by atomic mass is 32.2. The van der Waals surface area contributed by atoms with Gasteiger partial charge in [-0.3, -0.25) is 28.8 Å². The van der Waals surface area contributed by atoms with Crippen LogP contribution in [-0.2, 0) is 24.8 Å². The molecule has 1 N–H and O–H groups in total. The Morgan fingerprint density at radius 3 is 1.65 bits per heavy atom. The first kappa shape index (κ1) is 36.7. The van der Waals surface area contributed by atoms with Crippen molar-refractivity contribution in [2.24, 2.45) is 5.92 Å². The number of hydrogen-bond acceptors (Lipinski definition) is 10. The van der Waals surface area contributed by atoms with E-state index < -0.39 is 41.4 Å². The zero-order chi connectivity index (χ0) is 35.8. The minimum absolute atomic E-state index is 0.00644. The molecule has 1 fully saturated rings. The van der Waals surface area contributed by atoms with Crippen molar-refractivity contribution in [3.8, 4) is 0 Å². The Labute approximate surface area is 283 Å². The van der Waals surface area contributed by atoms with Gasteiger partial charge in [0.2, 0.25) is 5.82 Å². The Morgan fingerprint density at radius 2 is 1.18 bits per heavy atom. The third-order valence-corrected chi connectivity index (χ3v) is 11.4. The number of nitro benzene ring substituents is 2. The summed E-state index contributed by atoms with van der Waals surface area (Å²) in [6.45, 7) is 2.02. The van der Waals surface area contributed by atoms with Crippen LogP contribution in [0.3, 0.4) is 0 Å². The van der Waals surface area contributed by atoms with Gasteiger partial charge in [0, 0.05) is 46.0 Å². The van der Waals surface area contributed by atoms with Gasteiger partial charge < -0.3 is 10.1 Å². The van der Waals surface area contributed by atoms with Crippen LogP contribution in [0, 0.1) is 32.0 Å². The topological polar surface area (TPSA) is 182 Å². The first-order valence-corrected chi connectivity index (χ1v) is 17.7. The van der Waals surface area contributed by atoms with Crippen molar-refractivity contribution in [3.05, 3.63) is 123 Å². The number of anilines is 3. The first-order chi connectivity index (χ1) is 23.2. The van der Waals surface area contributed by atoms with E-state index in [1.807, 2.05) is 0 Å². The van der Waals surface area contributed by atoms with E-state index in [0.717, 1.165) is 33.6 Å². The Bertz CT molecular complexity index is 2000. The predicted molar refractivity (Wildman–Crippen MR) is 182 cm³/mol. The Hall–Kier alpha value is -5.13. The number of nitrogens with one attached hydrogen (secondary N) is 1. The predicted octanol–water partition coefficient (Wildman–Crippen LogP) is 5.82. The van der Waals surface area contributed by atoms with Gasteiger partial charge in [-0.1, -0.05) is 36.4 Å². The van der Waals surface area contributed by atoms with Crippen molar-refractivity contribution < 1.29 is 35.8 Å². The van der Waals surface area contributed by atoms with Crippen LogP contribution in [0.5, 0.6) is 0 Å². The summed E-state index contributed by atoms with van der Waals surface area (Å²) >= 11 is 0. The molecule has 1 aliphatic rings. The third-order valence-electron chi connectivity index (χ3n) is 7.76. The molecule has 0 bridgehead atoms. The minimum atomic E-state index is -3.86. The van der Waals surface area contributed by atoms with Crippen molar-refractivity contribution >= 4 is 48.5 Å². The van der Waals surface area contributed by atoms with E-state index in [1.165, 1.54) is 50.5 Å². The monoisotopic (exact) mass is 715 g/mol. The molecule has 1 aliphatic heterocycles. The van der Waals surface area contributed by atoms with Crippen LogP contribution in [-0.4, -0.2) is 60.5 Å². The number of benzene rings is 4. The molecule has 4 aromatic rings. The van der Waals surface area contributed by atoms with E-state index in [0.29, 0.717) is 31.4 Å². The van der Waals surface area contributed by atoms with E-state index in [1.54, 1.807) is 48.5 Å². The molecule has 14 nitrogen and oxygen atoms in total.